The van der Waals surface area contributed by atoms with E-state index in [9.17, 15) is 5.11 Å². The van der Waals surface area contributed by atoms with Gasteiger partial charge in [-0.1, -0.05) is 13.8 Å². The van der Waals surface area contributed by atoms with Crippen LogP contribution < -0.4 is 0 Å². The molecule has 1 saturated heterocycles. The first-order valence-corrected chi connectivity index (χ1v) is 5.19. The normalized spacial score (nSPS) is 41.1. The average molecular weight is 186 g/mol. The van der Waals surface area contributed by atoms with Crippen LogP contribution in [0.5, 0.6) is 0 Å². The summed E-state index contributed by atoms with van der Waals surface area (Å²) in [6.07, 6.45) is 2.56. The molecule has 0 amide bonds. The molecule has 0 aliphatic carbocycles. The van der Waals surface area contributed by atoms with Gasteiger partial charge in [0.25, 0.3) is 0 Å². The van der Waals surface area contributed by atoms with Gasteiger partial charge in [0.2, 0.25) is 0 Å². The highest BCUT2D eigenvalue weighted by atomic mass is 16.5. The minimum Gasteiger partial charge on any atom is -0.390 e. The minimum absolute atomic E-state index is 0.115. The first kappa shape index (κ1) is 11.0. The Labute approximate surface area is 81.3 Å². The van der Waals surface area contributed by atoms with Crippen LogP contribution in [-0.2, 0) is 4.74 Å². The van der Waals surface area contributed by atoms with E-state index in [1.54, 1.807) is 0 Å². The summed E-state index contributed by atoms with van der Waals surface area (Å²) in [4.78, 5) is 0. The molecule has 0 saturated carbocycles. The van der Waals surface area contributed by atoms with Crippen LogP contribution in [0.2, 0.25) is 0 Å². The average Bonchev–Trinajstić information content (AvgIpc) is 1.79. The quantitative estimate of drug-likeness (QED) is 0.717. The highest BCUT2D eigenvalue weighted by molar-refractivity contribution is 4.90. The lowest BCUT2D eigenvalue weighted by Crippen LogP contribution is -2.46. The molecule has 2 heteroatoms. The maximum Gasteiger partial charge on any atom is 0.0684 e. The smallest absolute Gasteiger partial charge is 0.0684 e. The Balaban J connectivity index is 2.58. The Morgan fingerprint density at radius 1 is 1.38 bits per heavy atom. The predicted octanol–water partition coefficient (Wildman–Crippen LogP) is 2.35. The molecule has 1 rings (SSSR count). The fourth-order valence-electron chi connectivity index (χ4n) is 2.46. The van der Waals surface area contributed by atoms with E-state index in [2.05, 4.69) is 20.8 Å². The fraction of sp³-hybridized carbons (Fsp3) is 1.00. The zero-order valence-corrected chi connectivity index (χ0v) is 9.26. The van der Waals surface area contributed by atoms with E-state index < -0.39 is 5.60 Å². The topological polar surface area (TPSA) is 29.5 Å². The molecule has 0 bridgehead atoms. The zero-order chi connectivity index (χ0) is 10.1. The highest BCUT2D eigenvalue weighted by Crippen LogP contribution is 2.35. The Hall–Kier alpha value is -0.0800. The van der Waals surface area contributed by atoms with Gasteiger partial charge in [0.15, 0.2) is 0 Å². The molecular formula is C11H22O2. The zero-order valence-electron chi connectivity index (χ0n) is 9.26. The fourth-order valence-corrected chi connectivity index (χ4v) is 2.46. The third kappa shape index (κ3) is 3.28. The molecule has 2 nitrogen and oxygen atoms in total. The lowest BCUT2D eigenvalue weighted by Gasteiger charge is -2.42. The summed E-state index contributed by atoms with van der Waals surface area (Å²) in [5.74, 6) is 0.624. The van der Waals surface area contributed by atoms with Gasteiger partial charge < -0.3 is 9.84 Å². The Morgan fingerprint density at radius 3 is 2.46 bits per heavy atom. The monoisotopic (exact) mass is 186 g/mol. The molecule has 78 valence electrons. The van der Waals surface area contributed by atoms with Crippen molar-refractivity contribution in [1.82, 2.24) is 0 Å². The number of aliphatic hydroxyl groups is 1. The maximum absolute atomic E-state index is 9.94. The third-order valence-electron chi connectivity index (χ3n) is 2.69. The van der Waals surface area contributed by atoms with Gasteiger partial charge >= 0.3 is 0 Å². The van der Waals surface area contributed by atoms with Crippen LogP contribution in [0.4, 0.5) is 0 Å². The summed E-state index contributed by atoms with van der Waals surface area (Å²) in [6, 6.07) is 0. The maximum atomic E-state index is 9.94. The van der Waals surface area contributed by atoms with E-state index in [1.807, 2.05) is 6.92 Å². The highest BCUT2D eigenvalue weighted by Gasteiger charge is 2.39. The summed E-state index contributed by atoms with van der Waals surface area (Å²) >= 11 is 0. The molecule has 0 radical (unpaired) electrons. The summed E-state index contributed by atoms with van der Waals surface area (Å²) in [5.41, 5.74) is -0.641. The van der Waals surface area contributed by atoms with Crippen LogP contribution in [0.15, 0.2) is 0 Å². The number of ether oxygens (including phenoxy) is 1. The largest absolute Gasteiger partial charge is 0.390 e. The van der Waals surface area contributed by atoms with E-state index in [0.29, 0.717) is 12.5 Å². The van der Waals surface area contributed by atoms with Crippen molar-refractivity contribution in [2.75, 3.05) is 6.61 Å². The summed E-state index contributed by atoms with van der Waals surface area (Å²) in [6.45, 7) is 9.10. The molecule has 1 fully saturated rings. The van der Waals surface area contributed by atoms with Gasteiger partial charge in [0.1, 0.15) is 0 Å². The first-order chi connectivity index (χ1) is 5.83. The van der Waals surface area contributed by atoms with E-state index >= 15 is 0 Å². The molecule has 0 spiro atoms. The van der Waals surface area contributed by atoms with Gasteiger partial charge in [-0.2, -0.15) is 0 Å². The van der Waals surface area contributed by atoms with Crippen LogP contribution in [0.1, 0.15) is 47.0 Å². The van der Waals surface area contributed by atoms with E-state index in [-0.39, 0.29) is 5.60 Å². The van der Waals surface area contributed by atoms with Crippen molar-refractivity contribution >= 4 is 0 Å². The van der Waals surface area contributed by atoms with Gasteiger partial charge in [-0.05, 0) is 32.6 Å². The van der Waals surface area contributed by atoms with Gasteiger partial charge in [-0.15, -0.1) is 0 Å². The molecule has 1 N–H and O–H groups in total. The first-order valence-electron chi connectivity index (χ1n) is 5.19. The van der Waals surface area contributed by atoms with Crippen molar-refractivity contribution in [3.63, 3.8) is 0 Å². The van der Waals surface area contributed by atoms with Crippen molar-refractivity contribution < 1.29 is 9.84 Å². The second kappa shape index (κ2) is 3.58. The Bertz CT molecular complexity index is 175. The molecule has 1 aliphatic heterocycles. The molecule has 0 aromatic heterocycles. The molecule has 0 aromatic carbocycles. The lowest BCUT2D eigenvalue weighted by atomic mass is 9.80. The second-order valence-electron chi connectivity index (χ2n) is 5.32. The molecule has 2 atom stereocenters. The van der Waals surface area contributed by atoms with Crippen molar-refractivity contribution in [3.05, 3.63) is 0 Å². The van der Waals surface area contributed by atoms with Crippen molar-refractivity contribution in [1.29, 1.82) is 0 Å². The van der Waals surface area contributed by atoms with E-state index in [0.717, 1.165) is 19.3 Å². The van der Waals surface area contributed by atoms with Crippen LogP contribution in [0, 0.1) is 5.92 Å². The number of hydrogen-bond donors (Lipinski definition) is 1. The van der Waals surface area contributed by atoms with Crippen LogP contribution in [-0.4, -0.2) is 22.9 Å². The van der Waals surface area contributed by atoms with Gasteiger partial charge in [-0.3, -0.25) is 0 Å². The van der Waals surface area contributed by atoms with Crippen LogP contribution >= 0.6 is 0 Å². The SMILES string of the molecule is CC(C)C[C@]1(C)C[C@](C)(O)CCO1. The lowest BCUT2D eigenvalue weighted by molar-refractivity contribution is -0.151. The summed E-state index contributed by atoms with van der Waals surface area (Å²) in [5, 5.41) is 9.94. The molecule has 1 aliphatic rings. The summed E-state index contributed by atoms with van der Waals surface area (Å²) < 4.78 is 5.75. The predicted molar refractivity (Wildman–Crippen MR) is 53.7 cm³/mol. The Morgan fingerprint density at radius 2 is 2.00 bits per heavy atom. The minimum atomic E-state index is -0.526. The van der Waals surface area contributed by atoms with Gasteiger partial charge in [0.05, 0.1) is 17.8 Å². The second-order valence-corrected chi connectivity index (χ2v) is 5.32. The number of rotatable bonds is 2. The summed E-state index contributed by atoms with van der Waals surface area (Å²) in [7, 11) is 0. The van der Waals surface area contributed by atoms with Crippen LogP contribution in [0.25, 0.3) is 0 Å². The molecule has 13 heavy (non-hydrogen) atoms. The van der Waals surface area contributed by atoms with Gasteiger partial charge in [0, 0.05) is 6.42 Å². The van der Waals surface area contributed by atoms with Crippen molar-refractivity contribution in [3.8, 4) is 0 Å². The standard InChI is InChI=1S/C11H22O2/c1-9(2)7-11(4)8-10(3,12)5-6-13-11/h9,12H,5-8H2,1-4H3/t10-,11-/m1/s1. The van der Waals surface area contributed by atoms with Crippen molar-refractivity contribution in [2.45, 2.75) is 58.2 Å². The Kier molecular flexibility index (Phi) is 3.03. The van der Waals surface area contributed by atoms with Crippen molar-refractivity contribution in [2.24, 2.45) is 5.92 Å². The third-order valence-corrected chi connectivity index (χ3v) is 2.69. The molecule has 1 heterocycles. The van der Waals surface area contributed by atoms with E-state index in [1.165, 1.54) is 0 Å². The molecule has 0 aromatic rings. The molecule has 0 unspecified atom stereocenters. The number of hydrogen-bond acceptors (Lipinski definition) is 2. The van der Waals surface area contributed by atoms with Gasteiger partial charge in [-0.25, -0.2) is 0 Å². The van der Waals surface area contributed by atoms with E-state index in [4.69, 9.17) is 4.74 Å². The van der Waals surface area contributed by atoms with Crippen LogP contribution in [0.3, 0.4) is 0 Å². The molecular weight excluding hydrogens is 164 g/mol.